The summed E-state index contributed by atoms with van der Waals surface area (Å²) in [5.41, 5.74) is 1.01. The highest BCUT2D eigenvalue weighted by Crippen LogP contribution is 2.26. The van der Waals surface area contributed by atoms with Gasteiger partial charge in [-0.05, 0) is 18.2 Å². The Hall–Kier alpha value is -2.98. The minimum atomic E-state index is 0.0169. The van der Waals surface area contributed by atoms with Gasteiger partial charge in [0.1, 0.15) is 23.5 Å². The Bertz CT molecular complexity index is 655. The van der Waals surface area contributed by atoms with E-state index in [1.54, 1.807) is 24.3 Å². The minimum Gasteiger partial charge on any atom is -0.441 e. The third kappa shape index (κ3) is 2.83. The molecule has 92 valence electrons. The molecule has 4 heteroatoms. The summed E-state index contributed by atoms with van der Waals surface area (Å²) in [6.45, 7) is 0. The summed E-state index contributed by atoms with van der Waals surface area (Å²) in [6, 6.07) is 16.9. The molecule has 1 aromatic heterocycles. The summed E-state index contributed by atoms with van der Waals surface area (Å²) >= 11 is 0. The summed E-state index contributed by atoms with van der Waals surface area (Å²) in [4.78, 5) is 1.88. The van der Waals surface area contributed by atoms with Crippen LogP contribution < -0.4 is 4.90 Å². The largest absolute Gasteiger partial charge is 0.441 e. The SMILES string of the molecule is CN(c1ccccc1)c1ccc(C=C(C#N)C#N)o1. The molecule has 0 N–H and O–H groups in total. The Kier molecular flexibility index (Phi) is 3.66. The zero-order chi connectivity index (χ0) is 13.7. The van der Waals surface area contributed by atoms with E-state index in [-0.39, 0.29) is 5.57 Å². The standard InChI is InChI=1S/C15H11N3O/c1-18(13-5-3-2-4-6-13)15-8-7-14(19-15)9-12(10-16)11-17/h2-9H,1H3. The molecule has 0 aliphatic heterocycles. The van der Waals surface area contributed by atoms with Crippen molar-refractivity contribution >= 4 is 17.6 Å². The highest BCUT2D eigenvalue weighted by Gasteiger charge is 2.08. The van der Waals surface area contributed by atoms with Crippen LogP contribution in [0, 0.1) is 22.7 Å². The molecule has 1 aromatic carbocycles. The molecule has 0 fully saturated rings. The van der Waals surface area contributed by atoms with E-state index in [9.17, 15) is 0 Å². The normalized spacial score (nSPS) is 9.21. The molecule has 0 aliphatic rings. The van der Waals surface area contributed by atoms with Gasteiger partial charge in [0.15, 0.2) is 5.88 Å². The highest BCUT2D eigenvalue weighted by molar-refractivity contribution is 5.63. The van der Waals surface area contributed by atoms with E-state index >= 15 is 0 Å². The van der Waals surface area contributed by atoms with E-state index in [2.05, 4.69) is 0 Å². The van der Waals surface area contributed by atoms with Gasteiger partial charge in [-0.2, -0.15) is 10.5 Å². The number of nitriles is 2. The van der Waals surface area contributed by atoms with E-state index in [1.165, 1.54) is 6.08 Å². The average molecular weight is 249 g/mol. The van der Waals surface area contributed by atoms with Crippen LogP contribution in [-0.4, -0.2) is 7.05 Å². The first-order chi connectivity index (χ1) is 9.24. The first-order valence-corrected chi connectivity index (χ1v) is 5.65. The van der Waals surface area contributed by atoms with Gasteiger partial charge in [0.2, 0.25) is 0 Å². The van der Waals surface area contributed by atoms with Gasteiger partial charge in [0.05, 0.1) is 0 Å². The van der Waals surface area contributed by atoms with Crippen molar-refractivity contribution in [1.82, 2.24) is 0 Å². The predicted octanol–water partition coefficient (Wildman–Crippen LogP) is 3.48. The average Bonchev–Trinajstić information content (AvgIpc) is 2.93. The molecular formula is C15H11N3O. The fraction of sp³-hybridized carbons (Fsp3) is 0.0667. The number of para-hydroxylation sites is 1. The number of hydrogen-bond donors (Lipinski definition) is 0. The molecular weight excluding hydrogens is 238 g/mol. The molecule has 0 aliphatic carbocycles. The van der Waals surface area contributed by atoms with Gasteiger partial charge in [-0.25, -0.2) is 0 Å². The quantitative estimate of drug-likeness (QED) is 0.781. The van der Waals surface area contributed by atoms with Crippen LogP contribution >= 0.6 is 0 Å². The maximum atomic E-state index is 8.69. The molecule has 0 unspecified atom stereocenters. The number of furan rings is 1. The molecule has 4 nitrogen and oxygen atoms in total. The second-order valence-electron chi connectivity index (χ2n) is 3.85. The summed E-state index contributed by atoms with van der Waals surface area (Å²) in [5.74, 6) is 1.13. The van der Waals surface area contributed by atoms with Crippen LogP contribution in [0.1, 0.15) is 5.76 Å². The summed E-state index contributed by atoms with van der Waals surface area (Å²) in [5, 5.41) is 17.4. The first-order valence-electron chi connectivity index (χ1n) is 5.65. The van der Waals surface area contributed by atoms with E-state index in [0.717, 1.165) is 5.69 Å². The van der Waals surface area contributed by atoms with E-state index in [0.29, 0.717) is 11.6 Å². The number of allylic oxidation sites excluding steroid dienone is 1. The number of nitrogens with zero attached hydrogens (tertiary/aromatic N) is 3. The van der Waals surface area contributed by atoms with E-state index in [4.69, 9.17) is 14.9 Å². The van der Waals surface area contributed by atoms with Gasteiger partial charge in [-0.3, -0.25) is 0 Å². The van der Waals surface area contributed by atoms with Gasteiger partial charge in [0, 0.05) is 24.9 Å². The van der Waals surface area contributed by atoms with Gasteiger partial charge in [-0.15, -0.1) is 0 Å². The van der Waals surface area contributed by atoms with Crippen molar-refractivity contribution in [3.63, 3.8) is 0 Å². The van der Waals surface area contributed by atoms with Gasteiger partial charge in [0.25, 0.3) is 0 Å². The highest BCUT2D eigenvalue weighted by atomic mass is 16.4. The molecule has 1 heterocycles. The van der Waals surface area contributed by atoms with E-state index < -0.39 is 0 Å². The van der Waals surface area contributed by atoms with Crippen molar-refractivity contribution < 1.29 is 4.42 Å². The van der Waals surface area contributed by atoms with Crippen molar-refractivity contribution in [3.05, 3.63) is 53.8 Å². The van der Waals surface area contributed by atoms with Crippen LogP contribution in [0.25, 0.3) is 6.08 Å². The smallest absolute Gasteiger partial charge is 0.200 e. The maximum absolute atomic E-state index is 8.69. The monoisotopic (exact) mass is 249 g/mol. The number of rotatable bonds is 3. The maximum Gasteiger partial charge on any atom is 0.200 e. The minimum absolute atomic E-state index is 0.0169. The molecule has 2 aromatic rings. The lowest BCUT2D eigenvalue weighted by atomic mass is 10.3. The summed E-state index contributed by atoms with van der Waals surface area (Å²) in [6.07, 6.45) is 1.42. The first kappa shape index (κ1) is 12.5. The van der Waals surface area contributed by atoms with Crippen molar-refractivity contribution in [3.8, 4) is 12.1 Å². The Morgan fingerprint density at radius 1 is 1.11 bits per heavy atom. The fourth-order valence-corrected chi connectivity index (χ4v) is 1.61. The van der Waals surface area contributed by atoms with Gasteiger partial charge >= 0.3 is 0 Å². The molecule has 0 atom stereocenters. The van der Waals surface area contributed by atoms with Crippen LogP contribution in [0.4, 0.5) is 11.6 Å². The third-order valence-corrected chi connectivity index (χ3v) is 2.61. The number of anilines is 2. The zero-order valence-electron chi connectivity index (χ0n) is 10.4. The topological polar surface area (TPSA) is 64.0 Å². The number of hydrogen-bond acceptors (Lipinski definition) is 4. The van der Waals surface area contributed by atoms with Crippen LogP contribution in [-0.2, 0) is 0 Å². The summed E-state index contributed by atoms with van der Waals surface area (Å²) < 4.78 is 5.58. The van der Waals surface area contributed by atoms with Crippen LogP contribution in [0.3, 0.4) is 0 Å². The van der Waals surface area contributed by atoms with Crippen LogP contribution in [0.2, 0.25) is 0 Å². The van der Waals surface area contributed by atoms with E-state index in [1.807, 2.05) is 42.3 Å². The number of benzene rings is 1. The molecule has 19 heavy (non-hydrogen) atoms. The van der Waals surface area contributed by atoms with Gasteiger partial charge in [-0.1, -0.05) is 18.2 Å². The fourth-order valence-electron chi connectivity index (χ4n) is 1.61. The molecule has 0 radical (unpaired) electrons. The summed E-state index contributed by atoms with van der Waals surface area (Å²) in [7, 11) is 1.89. The molecule has 0 bridgehead atoms. The Morgan fingerprint density at radius 2 is 1.79 bits per heavy atom. The lowest BCUT2D eigenvalue weighted by Gasteiger charge is -2.15. The Balaban J connectivity index is 2.26. The second-order valence-corrected chi connectivity index (χ2v) is 3.85. The molecule has 2 rings (SSSR count). The molecule has 0 saturated carbocycles. The predicted molar refractivity (Wildman–Crippen MR) is 72.4 cm³/mol. The molecule has 0 spiro atoms. The van der Waals surface area contributed by atoms with Gasteiger partial charge < -0.3 is 9.32 Å². The lowest BCUT2D eigenvalue weighted by Crippen LogP contribution is -2.07. The zero-order valence-corrected chi connectivity index (χ0v) is 10.4. The van der Waals surface area contributed by atoms with Crippen LogP contribution in [0.15, 0.2) is 52.5 Å². The Labute approximate surface area is 111 Å². The molecule has 0 saturated heterocycles. The molecule has 0 amide bonds. The third-order valence-electron chi connectivity index (χ3n) is 2.61. The second kappa shape index (κ2) is 5.57. The Morgan fingerprint density at radius 3 is 2.42 bits per heavy atom. The van der Waals surface area contributed by atoms with Crippen LogP contribution in [0.5, 0.6) is 0 Å². The lowest BCUT2D eigenvalue weighted by molar-refractivity contribution is 0.560. The van der Waals surface area contributed by atoms with Crippen molar-refractivity contribution in [2.45, 2.75) is 0 Å². The van der Waals surface area contributed by atoms with Crippen molar-refractivity contribution in [1.29, 1.82) is 10.5 Å². The van der Waals surface area contributed by atoms with Crippen molar-refractivity contribution in [2.75, 3.05) is 11.9 Å². The van der Waals surface area contributed by atoms with Crippen molar-refractivity contribution in [2.24, 2.45) is 0 Å².